The van der Waals surface area contributed by atoms with Crippen LogP contribution in [0.15, 0.2) is 42.7 Å². The van der Waals surface area contributed by atoms with Gasteiger partial charge in [0.25, 0.3) is 0 Å². The van der Waals surface area contributed by atoms with Crippen LogP contribution >= 0.6 is 11.6 Å². The smallest absolute Gasteiger partial charge is 0.162 e. The number of ether oxygens (including phenoxy) is 2. The topological polar surface area (TPSA) is 56.3 Å². The highest BCUT2D eigenvalue weighted by atomic mass is 35.5. The van der Waals surface area contributed by atoms with E-state index in [1.165, 1.54) is 6.33 Å². The van der Waals surface area contributed by atoms with Crippen LogP contribution in [0.1, 0.15) is 0 Å². The summed E-state index contributed by atoms with van der Waals surface area (Å²) >= 11 is 6.01. The van der Waals surface area contributed by atoms with Gasteiger partial charge in [-0.25, -0.2) is 9.97 Å². The fraction of sp³-hybridized carbons (Fsp3) is 0.125. The van der Waals surface area contributed by atoms with Gasteiger partial charge in [-0.05, 0) is 24.3 Å². The van der Waals surface area contributed by atoms with E-state index < -0.39 is 0 Å². The molecule has 0 aliphatic carbocycles. The summed E-state index contributed by atoms with van der Waals surface area (Å²) in [7, 11) is 3.19. The van der Waals surface area contributed by atoms with Crippen molar-refractivity contribution in [3.8, 4) is 11.5 Å². The van der Waals surface area contributed by atoms with Crippen LogP contribution in [0, 0.1) is 0 Å². The Balaban J connectivity index is 2.09. The molecule has 2 aromatic carbocycles. The number of hydrogen-bond donors (Lipinski definition) is 1. The third kappa shape index (κ3) is 2.76. The molecule has 22 heavy (non-hydrogen) atoms. The molecule has 3 aromatic rings. The van der Waals surface area contributed by atoms with Crippen molar-refractivity contribution in [1.29, 1.82) is 0 Å². The first-order valence-corrected chi connectivity index (χ1v) is 6.98. The highest BCUT2D eigenvalue weighted by Gasteiger charge is 2.11. The molecule has 0 radical (unpaired) electrons. The van der Waals surface area contributed by atoms with E-state index in [9.17, 15) is 0 Å². The molecule has 0 spiro atoms. The summed E-state index contributed by atoms with van der Waals surface area (Å²) in [5.41, 5.74) is 1.61. The monoisotopic (exact) mass is 314 g/mol. The van der Waals surface area contributed by atoms with E-state index in [1.807, 2.05) is 36.4 Å². The number of benzene rings is 2. The van der Waals surface area contributed by atoms with Gasteiger partial charge >= 0.3 is 0 Å². The highest BCUT2D eigenvalue weighted by molar-refractivity contribution is 6.30. The van der Waals surface area contributed by atoms with E-state index in [-0.39, 0.29) is 0 Å². The fourth-order valence-electron chi connectivity index (χ4n) is 2.19. The molecule has 1 aromatic heterocycles. The average Bonchev–Trinajstić information content (AvgIpc) is 2.54. The van der Waals surface area contributed by atoms with E-state index in [4.69, 9.17) is 21.1 Å². The van der Waals surface area contributed by atoms with Gasteiger partial charge in [0.2, 0.25) is 0 Å². The third-order valence-corrected chi connectivity index (χ3v) is 3.46. The van der Waals surface area contributed by atoms with Gasteiger partial charge in [-0.2, -0.15) is 0 Å². The maximum atomic E-state index is 6.01. The molecule has 0 amide bonds. The molecule has 1 heterocycles. The van der Waals surface area contributed by atoms with Crippen molar-refractivity contribution < 1.29 is 9.47 Å². The minimum absolute atomic E-state index is 0.624. The van der Waals surface area contributed by atoms with Crippen LogP contribution in [-0.4, -0.2) is 24.2 Å². The molecular formula is C16H14ClN3O2. The number of methoxy groups -OCH3 is 2. The van der Waals surface area contributed by atoms with Crippen LogP contribution in [0.25, 0.3) is 10.9 Å². The summed E-state index contributed by atoms with van der Waals surface area (Å²) < 4.78 is 10.6. The van der Waals surface area contributed by atoms with E-state index in [0.29, 0.717) is 22.3 Å². The second kappa shape index (κ2) is 6.07. The standard InChI is InChI=1S/C16H14ClN3O2/c1-21-14-7-12-13(8-15(14)22-2)18-9-19-16(12)20-11-5-3-4-10(17)6-11/h3-9H,1-2H3,(H,18,19,20)/i2-1. The van der Waals surface area contributed by atoms with Crippen molar-refractivity contribution in [2.75, 3.05) is 19.5 Å². The summed E-state index contributed by atoms with van der Waals surface area (Å²) in [5.74, 6) is 1.93. The number of halogens is 1. The minimum atomic E-state index is 0.624. The second-order valence-corrected chi connectivity index (χ2v) is 5.02. The molecule has 0 unspecified atom stereocenters. The van der Waals surface area contributed by atoms with Crippen LogP contribution < -0.4 is 14.8 Å². The number of nitrogens with one attached hydrogen (secondary N) is 1. The number of nitrogens with zero attached hydrogens (tertiary/aromatic N) is 2. The maximum Gasteiger partial charge on any atom is 0.162 e. The quantitative estimate of drug-likeness (QED) is 0.787. The number of fused-ring (bicyclic) bond motifs is 1. The van der Waals surface area contributed by atoms with Gasteiger partial charge in [0.05, 0.1) is 19.7 Å². The SMILES string of the molecule is COc1cc2c(Nc3cccc(Cl)c3)ncnc2cc1O[11CH3]. The molecule has 5 nitrogen and oxygen atoms in total. The molecule has 1 N–H and O–H groups in total. The predicted octanol–water partition coefficient (Wildman–Crippen LogP) is 4.04. The van der Waals surface area contributed by atoms with Crippen molar-refractivity contribution in [3.05, 3.63) is 47.7 Å². The van der Waals surface area contributed by atoms with Gasteiger partial charge in [-0.15, -0.1) is 0 Å². The lowest BCUT2D eigenvalue weighted by atomic mass is 10.2. The van der Waals surface area contributed by atoms with Crippen molar-refractivity contribution in [3.63, 3.8) is 0 Å². The molecule has 0 aliphatic heterocycles. The van der Waals surface area contributed by atoms with Gasteiger partial charge in [0.1, 0.15) is 12.1 Å². The van der Waals surface area contributed by atoms with Gasteiger partial charge in [-0.1, -0.05) is 17.7 Å². The van der Waals surface area contributed by atoms with E-state index in [2.05, 4.69) is 15.3 Å². The summed E-state index contributed by atoms with van der Waals surface area (Å²) in [6.07, 6.45) is 1.50. The van der Waals surface area contributed by atoms with Crippen LogP contribution in [0.5, 0.6) is 11.5 Å². The highest BCUT2D eigenvalue weighted by Crippen LogP contribution is 2.34. The van der Waals surface area contributed by atoms with Crippen LogP contribution in [0.4, 0.5) is 11.5 Å². The molecule has 0 saturated carbocycles. The van der Waals surface area contributed by atoms with Gasteiger partial charge in [0.15, 0.2) is 11.5 Å². The Hall–Kier alpha value is -2.53. The maximum absolute atomic E-state index is 6.01. The van der Waals surface area contributed by atoms with Crippen LogP contribution in [-0.2, 0) is 0 Å². The van der Waals surface area contributed by atoms with Crippen molar-refractivity contribution in [2.24, 2.45) is 0 Å². The lowest BCUT2D eigenvalue weighted by Crippen LogP contribution is -1.97. The zero-order valence-electron chi connectivity index (χ0n) is 12.1. The minimum Gasteiger partial charge on any atom is -0.493 e. The number of anilines is 2. The average molecular weight is 315 g/mol. The lowest BCUT2D eigenvalue weighted by molar-refractivity contribution is 0.356. The van der Waals surface area contributed by atoms with E-state index in [1.54, 1.807) is 14.2 Å². The Morgan fingerprint density at radius 1 is 1.00 bits per heavy atom. The Morgan fingerprint density at radius 2 is 1.77 bits per heavy atom. The zero-order valence-corrected chi connectivity index (χ0v) is 12.9. The largest absolute Gasteiger partial charge is 0.493 e. The normalized spacial score (nSPS) is 10.5. The number of aromatic nitrogens is 2. The summed E-state index contributed by atoms with van der Waals surface area (Å²) in [5, 5.41) is 4.73. The Morgan fingerprint density at radius 3 is 2.50 bits per heavy atom. The molecule has 3 rings (SSSR count). The van der Waals surface area contributed by atoms with Crippen molar-refractivity contribution >= 4 is 34.0 Å². The Kier molecular flexibility index (Phi) is 3.98. The molecule has 112 valence electrons. The molecular weight excluding hydrogens is 301 g/mol. The van der Waals surface area contributed by atoms with Crippen LogP contribution in [0.3, 0.4) is 0 Å². The van der Waals surface area contributed by atoms with Crippen molar-refractivity contribution in [1.82, 2.24) is 9.97 Å². The van der Waals surface area contributed by atoms with E-state index in [0.717, 1.165) is 16.6 Å². The molecule has 6 heteroatoms. The summed E-state index contributed by atoms with van der Waals surface area (Å²) in [4.78, 5) is 8.57. The first-order chi connectivity index (χ1) is 10.7. The second-order valence-electron chi connectivity index (χ2n) is 4.58. The molecule has 0 bridgehead atoms. The summed E-state index contributed by atoms with van der Waals surface area (Å²) in [6.45, 7) is 0. The van der Waals surface area contributed by atoms with Crippen molar-refractivity contribution in [2.45, 2.75) is 0 Å². The van der Waals surface area contributed by atoms with Gasteiger partial charge in [-0.3, -0.25) is 0 Å². The fourth-order valence-corrected chi connectivity index (χ4v) is 2.38. The third-order valence-electron chi connectivity index (χ3n) is 3.23. The molecule has 0 fully saturated rings. The van der Waals surface area contributed by atoms with Gasteiger partial charge < -0.3 is 14.8 Å². The Bertz CT molecular complexity index is 824. The molecule has 0 atom stereocenters. The Labute approximate surface area is 132 Å². The number of rotatable bonds is 4. The molecule has 0 saturated heterocycles. The predicted molar refractivity (Wildman–Crippen MR) is 87.4 cm³/mol. The van der Waals surface area contributed by atoms with Gasteiger partial charge in [0, 0.05) is 22.2 Å². The summed E-state index contributed by atoms with van der Waals surface area (Å²) in [6, 6.07) is 11.1. The van der Waals surface area contributed by atoms with Crippen LogP contribution in [0.2, 0.25) is 5.02 Å². The molecule has 0 aliphatic rings. The zero-order chi connectivity index (χ0) is 15.5. The first-order valence-electron chi connectivity index (χ1n) is 6.60. The lowest BCUT2D eigenvalue weighted by Gasteiger charge is -2.12. The number of hydrogen-bond acceptors (Lipinski definition) is 5. The first kappa shape index (κ1) is 14.4. The van der Waals surface area contributed by atoms with E-state index >= 15 is 0 Å².